The van der Waals surface area contributed by atoms with Gasteiger partial charge in [0.05, 0.1) is 17.3 Å². The van der Waals surface area contributed by atoms with Crippen LogP contribution in [0.1, 0.15) is 6.42 Å². The van der Waals surface area contributed by atoms with E-state index in [0.717, 1.165) is 16.7 Å². The van der Waals surface area contributed by atoms with Crippen LogP contribution in [-0.2, 0) is 4.74 Å². The molecule has 1 aliphatic carbocycles. The molecule has 1 unspecified atom stereocenters. The third-order valence-electron chi connectivity index (χ3n) is 6.05. The summed E-state index contributed by atoms with van der Waals surface area (Å²) in [6, 6.07) is 9.12. The Balaban J connectivity index is 1.35. The number of ether oxygens (including phenoxy) is 1. The lowest BCUT2D eigenvalue weighted by molar-refractivity contribution is 0.177. The molecule has 0 saturated carbocycles. The van der Waals surface area contributed by atoms with Crippen LogP contribution in [0.5, 0.6) is 0 Å². The first kappa shape index (κ1) is 20.5. The molecular formula is C23H17ClFN7O2. The molecule has 11 heteroatoms. The fourth-order valence-electron chi connectivity index (χ4n) is 4.30. The number of halogens is 2. The number of amides is 1. The van der Waals surface area contributed by atoms with Crippen LogP contribution in [0.25, 0.3) is 28.2 Å². The number of H-pyrrole nitrogens is 1. The number of fused-ring (bicyclic) bond motifs is 1. The van der Waals surface area contributed by atoms with Crippen molar-refractivity contribution in [3.8, 4) is 22.5 Å². The molecule has 1 fully saturated rings. The maximum absolute atomic E-state index is 13.7. The van der Waals surface area contributed by atoms with E-state index in [4.69, 9.17) is 21.3 Å². The first-order valence-corrected chi connectivity index (χ1v) is 10.9. The summed E-state index contributed by atoms with van der Waals surface area (Å²) >= 11 is 6.04. The minimum absolute atomic E-state index is 0.141. The molecule has 1 saturated heterocycles. The molecule has 1 N–H and O–H groups in total. The predicted octanol–water partition coefficient (Wildman–Crippen LogP) is 4.50. The highest BCUT2D eigenvalue weighted by molar-refractivity contribution is 6.30. The van der Waals surface area contributed by atoms with E-state index in [1.54, 1.807) is 29.1 Å². The molecule has 6 rings (SSSR count). The Morgan fingerprint density at radius 3 is 2.76 bits per heavy atom. The van der Waals surface area contributed by atoms with Crippen LogP contribution >= 0.6 is 11.6 Å². The number of carbonyl (C=O) groups is 1. The summed E-state index contributed by atoms with van der Waals surface area (Å²) < 4.78 is 20.7. The lowest BCUT2D eigenvalue weighted by atomic mass is 9.92. The monoisotopic (exact) mass is 477 g/mol. The number of nitrogens with zero attached hydrogens (tertiary/aromatic N) is 6. The fraction of sp³-hybridized carbons (Fsp3) is 0.174. The molecule has 2 aliphatic rings. The molecule has 4 heterocycles. The number of benzene rings is 1. The number of allylic oxidation sites excluding steroid dienone is 3. The van der Waals surface area contributed by atoms with Crippen LogP contribution < -0.4 is 4.90 Å². The highest BCUT2D eigenvalue weighted by Gasteiger charge is 2.40. The Morgan fingerprint density at radius 2 is 2.00 bits per heavy atom. The topological polar surface area (TPSA) is 101 Å². The van der Waals surface area contributed by atoms with Gasteiger partial charge in [-0.1, -0.05) is 41.9 Å². The zero-order valence-corrected chi connectivity index (χ0v) is 18.4. The largest absolute Gasteiger partial charge is 0.447 e. The van der Waals surface area contributed by atoms with Gasteiger partial charge < -0.3 is 4.74 Å². The normalized spacial score (nSPS) is 20.4. The Labute approximate surface area is 197 Å². The van der Waals surface area contributed by atoms with E-state index in [1.165, 1.54) is 17.3 Å². The van der Waals surface area contributed by atoms with Gasteiger partial charge >= 0.3 is 6.09 Å². The van der Waals surface area contributed by atoms with Gasteiger partial charge in [-0.15, -0.1) is 0 Å². The third-order valence-corrected chi connectivity index (χ3v) is 6.38. The lowest BCUT2D eigenvalue weighted by Gasteiger charge is -2.27. The van der Waals surface area contributed by atoms with Crippen LogP contribution in [0, 0.1) is 5.92 Å². The summed E-state index contributed by atoms with van der Waals surface area (Å²) in [6.45, 7) is 0.168. The number of nitrogens with one attached hydrogen (secondary N) is 1. The first-order valence-electron chi connectivity index (χ1n) is 10.6. The van der Waals surface area contributed by atoms with E-state index in [9.17, 15) is 9.18 Å². The second kappa shape index (κ2) is 8.07. The van der Waals surface area contributed by atoms with Crippen molar-refractivity contribution in [3.05, 3.63) is 72.1 Å². The lowest BCUT2D eigenvalue weighted by Crippen LogP contribution is -2.39. The number of rotatable bonds is 4. The van der Waals surface area contributed by atoms with Crippen molar-refractivity contribution in [3.63, 3.8) is 0 Å². The zero-order chi connectivity index (χ0) is 23.2. The van der Waals surface area contributed by atoms with E-state index < -0.39 is 11.9 Å². The number of aromatic amines is 1. The van der Waals surface area contributed by atoms with Gasteiger partial charge in [-0.25, -0.2) is 23.7 Å². The number of anilines is 1. The van der Waals surface area contributed by atoms with Crippen LogP contribution in [0.15, 0.2) is 72.1 Å². The Morgan fingerprint density at radius 1 is 1.18 bits per heavy atom. The van der Waals surface area contributed by atoms with E-state index in [2.05, 4.69) is 20.3 Å². The second-order valence-corrected chi connectivity index (χ2v) is 8.47. The number of aromatic nitrogens is 6. The zero-order valence-electron chi connectivity index (χ0n) is 17.6. The number of carbonyl (C=O) groups excluding carboxylic acids is 1. The average molecular weight is 478 g/mol. The first-order chi connectivity index (χ1) is 16.6. The predicted molar refractivity (Wildman–Crippen MR) is 123 cm³/mol. The van der Waals surface area contributed by atoms with Gasteiger partial charge in [0, 0.05) is 23.2 Å². The number of cyclic esters (lactones) is 1. The molecule has 4 aromatic rings. The summed E-state index contributed by atoms with van der Waals surface area (Å²) in [5.41, 5.74) is 3.21. The van der Waals surface area contributed by atoms with Gasteiger partial charge in [-0.3, -0.25) is 10.00 Å². The molecule has 0 bridgehead atoms. The van der Waals surface area contributed by atoms with Crippen molar-refractivity contribution >= 4 is 29.2 Å². The molecule has 9 nitrogen and oxygen atoms in total. The highest BCUT2D eigenvalue weighted by Crippen LogP contribution is 2.35. The minimum atomic E-state index is -0.501. The minimum Gasteiger partial charge on any atom is -0.447 e. The molecule has 34 heavy (non-hydrogen) atoms. The SMILES string of the molecule is O=C1OC[C@H](C2C=CC(F)=C(Cl)C2)N1c1ccn2ncc(-c3ccc(-c4ncn[nH]4)cc3)c2n1. The molecule has 3 aromatic heterocycles. The smallest absolute Gasteiger partial charge is 0.415 e. The van der Waals surface area contributed by atoms with Crippen molar-refractivity contribution < 1.29 is 13.9 Å². The van der Waals surface area contributed by atoms with Crippen LogP contribution in [0.3, 0.4) is 0 Å². The Bertz CT molecular complexity index is 1450. The number of hydrogen-bond acceptors (Lipinski definition) is 6. The second-order valence-electron chi connectivity index (χ2n) is 8.02. The molecule has 0 spiro atoms. The van der Waals surface area contributed by atoms with Gasteiger partial charge in [0.1, 0.15) is 24.6 Å². The molecular weight excluding hydrogens is 461 g/mol. The summed E-state index contributed by atoms with van der Waals surface area (Å²) in [4.78, 5) is 23.1. The third kappa shape index (κ3) is 3.43. The number of hydrogen-bond donors (Lipinski definition) is 1. The van der Waals surface area contributed by atoms with Gasteiger partial charge in [-0.2, -0.15) is 10.2 Å². The van der Waals surface area contributed by atoms with Gasteiger partial charge in [0.25, 0.3) is 0 Å². The van der Waals surface area contributed by atoms with Crippen LogP contribution in [0.4, 0.5) is 15.0 Å². The molecule has 1 aliphatic heterocycles. The van der Waals surface area contributed by atoms with Gasteiger partial charge in [0.2, 0.25) is 0 Å². The quantitative estimate of drug-likeness (QED) is 0.464. The van der Waals surface area contributed by atoms with Crippen molar-refractivity contribution in [1.82, 2.24) is 29.8 Å². The summed E-state index contributed by atoms with van der Waals surface area (Å²) in [5, 5.41) is 11.3. The summed E-state index contributed by atoms with van der Waals surface area (Å²) in [7, 11) is 0. The maximum atomic E-state index is 13.7. The van der Waals surface area contributed by atoms with E-state index >= 15 is 0 Å². The Kier molecular flexibility index (Phi) is 4.88. The van der Waals surface area contributed by atoms with Crippen molar-refractivity contribution in [2.75, 3.05) is 11.5 Å². The summed E-state index contributed by atoms with van der Waals surface area (Å²) in [5.74, 6) is 0.466. The molecule has 170 valence electrons. The van der Waals surface area contributed by atoms with Crippen molar-refractivity contribution in [2.24, 2.45) is 5.92 Å². The van der Waals surface area contributed by atoms with Gasteiger partial charge in [-0.05, 0) is 24.1 Å². The average Bonchev–Trinajstić information content (AvgIpc) is 3.60. The maximum Gasteiger partial charge on any atom is 0.415 e. The van der Waals surface area contributed by atoms with Gasteiger partial charge in [0.15, 0.2) is 11.5 Å². The van der Waals surface area contributed by atoms with E-state index in [1.807, 2.05) is 24.3 Å². The summed E-state index contributed by atoms with van der Waals surface area (Å²) in [6.07, 6.45) is 7.78. The molecule has 0 radical (unpaired) electrons. The van der Waals surface area contributed by atoms with Crippen molar-refractivity contribution in [1.29, 1.82) is 0 Å². The standard InChI is InChI=1S/C23H17ClFN7O2/c24-17-9-15(5-6-18(17)25)19-11-34-23(33)32(19)20-7-8-31-22(29-20)16(10-28-31)13-1-3-14(4-2-13)21-26-12-27-30-21/h1-8,10,12,15,19H,9,11H2,(H,26,27,30)/t15?,19-/m1/s1. The van der Waals surface area contributed by atoms with Crippen LogP contribution in [-0.4, -0.2) is 48.5 Å². The molecule has 1 aromatic carbocycles. The molecule has 2 atom stereocenters. The van der Waals surface area contributed by atoms with E-state index in [0.29, 0.717) is 23.7 Å². The fourth-order valence-corrected chi connectivity index (χ4v) is 4.54. The molecule has 1 amide bonds. The highest BCUT2D eigenvalue weighted by atomic mass is 35.5. The van der Waals surface area contributed by atoms with E-state index in [-0.39, 0.29) is 23.6 Å². The van der Waals surface area contributed by atoms with Crippen molar-refractivity contribution in [2.45, 2.75) is 12.5 Å². The Hall–Kier alpha value is -4.05. The van der Waals surface area contributed by atoms with Crippen LogP contribution in [0.2, 0.25) is 0 Å².